The van der Waals surface area contributed by atoms with Gasteiger partial charge in [0.25, 0.3) is 0 Å². The first-order chi connectivity index (χ1) is 14.3. The molecule has 1 aromatic rings. The van der Waals surface area contributed by atoms with Gasteiger partial charge < -0.3 is 9.64 Å². The van der Waals surface area contributed by atoms with Crippen LogP contribution in [0.3, 0.4) is 0 Å². The molecule has 6 rings (SSSR count). The van der Waals surface area contributed by atoms with E-state index in [4.69, 9.17) is 4.74 Å². The van der Waals surface area contributed by atoms with E-state index in [2.05, 4.69) is 11.8 Å². The molecule has 3 saturated heterocycles. The molecule has 0 aromatic heterocycles. The number of ether oxygens (including phenoxy) is 1. The maximum Gasteiger partial charge on any atom is 0.416 e. The van der Waals surface area contributed by atoms with Crippen molar-refractivity contribution in [1.29, 1.82) is 0 Å². The Bertz CT molecular complexity index is 903. The molecule has 4 fully saturated rings. The first-order valence-corrected chi connectivity index (χ1v) is 11.1. The standard InChI is InChI=1S/C23H27F3N2O2/c1-13-20-7-14-2-3-16(23(24,25)26)6-15(14)10-28(20)21(29)22(13)5-4-17(9-22)27-11-19-8-18(27)12-30-19/h2-3,6,13,17-20H,4-5,7-12H2,1H3/t13?,17?,18-,19-,20?,22?/m1/s1. The molecule has 4 heterocycles. The normalized spacial score (nSPS) is 40.5. The maximum absolute atomic E-state index is 13.6. The van der Waals surface area contributed by atoms with Crippen LogP contribution in [0.4, 0.5) is 13.2 Å². The molecule has 5 aliphatic rings. The molecule has 2 bridgehead atoms. The summed E-state index contributed by atoms with van der Waals surface area (Å²) in [4.78, 5) is 18.1. The van der Waals surface area contributed by atoms with Crippen molar-refractivity contribution < 1.29 is 22.7 Å². The number of hydrogen-bond donors (Lipinski definition) is 0. The quantitative estimate of drug-likeness (QED) is 0.696. The Balaban J connectivity index is 1.26. The Morgan fingerprint density at radius 1 is 1.20 bits per heavy atom. The minimum Gasteiger partial charge on any atom is -0.375 e. The lowest BCUT2D eigenvalue weighted by Crippen LogP contribution is -2.44. The third-order valence-corrected chi connectivity index (χ3v) is 8.77. The summed E-state index contributed by atoms with van der Waals surface area (Å²) in [5, 5.41) is 0. The van der Waals surface area contributed by atoms with Gasteiger partial charge in [-0.2, -0.15) is 13.2 Å². The SMILES string of the molecule is CC1C2Cc3ccc(C(F)(F)F)cc3CN2C(=O)C12CCC(N1C[C@H]3C[C@@H]1CO3)C2. The van der Waals surface area contributed by atoms with E-state index < -0.39 is 11.7 Å². The Hall–Kier alpha value is -1.60. The first kappa shape index (κ1) is 19.1. The van der Waals surface area contributed by atoms with Gasteiger partial charge in [-0.15, -0.1) is 0 Å². The Kier molecular flexibility index (Phi) is 3.96. The van der Waals surface area contributed by atoms with Gasteiger partial charge in [0.15, 0.2) is 0 Å². The Morgan fingerprint density at radius 2 is 2.03 bits per heavy atom. The van der Waals surface area contributed by atoms with Gasteiger partial charge >= 0.3 is 6.18 Å². The largest absolute Gasteiger partial charge is 0.416 e. The zero-order chi connectivity index (χ0) is 20.8. The van der Waals surface area contributed by atoms with Crippen molar-refractivity contribution in [3.05, 3.63) is 34.9 Å². The second-order valence-electron chi connectivity index (χ2n) is 10.1. The van der Waals surface area contributed by atoms with E-state index in [1.807, 2.05) is 4.90 Å². The maximum atomic E-state index is 13.6. The molecule has 1 saturated carbocycles. The molecule has 7 heteroatoms. The predicted octanol–water partition coefficient (Wildman–Crippen LogP) is 3.62. The monoisotopic (exact) mass is 420 g/mol. The van der Waals surface area contributed by atoms with Gasteiger partial charge in [0.1, 0.15) is 0 Å². The number of fused-ring (bicyclic) bond motifs is 4. The van der Waals surface area contributed by atoms with Gasteiger partial charge in [-0.3, -0.25) is 9.69 Å². The van der Waals surface area contributed by atoms with Crippen LogP contribution in [0.1, 0.15) is 49.3 Å². The van der Waals surface area contributed by atoms with Crippen LogP contribution in [0.25, 0.3) is 0 Å². The van der Waals surface area contributed by atoms with E-state index in [-0.39, 0.29) is 23.3 Å². The number of likely N-dealkylation sites (tertiary alicyclic amines) is 1. The number of amides is 1. The number of alkyl halides is 3. The molecule has 4 nitrogen and oxygen atoms in total. The number of morpholine rings is 1. The molecular formula is C23H27F3N2O2. The van der Waals surface area contributed by atoms with E-state index >= 15 is 0 Å². The fourth-order valence-corrected chi connectivity index (χ4v) is 7.12. The topological polar surface area (TPSA) is 32.8 Å². The summed E-state index contributed by atoms with van der Waals surface area (Å²) in [6.45, 7) is 4.29. The van der Waals surface area contributed by atoms with Crippen LogP contribution in [-0.2, 0) is 28.7 Å². The summed E-state index contributed by atoms with van der Waals surface area (Å²) in [6.07, 6.45) is 0.578. The minimum atomic E-state index is -4.35. The highest BCUT2D eigenvalue weighted by molar-refractivity contribution is 5.87. The van der Waals surface area contributed by atoms with Crippen molar-refractivity contribution in [1.82, 2.24) is 9.80 Å². The van der Waals surface area contributed by atoms with Crippen molar-refractivity contribution in [2.45, 2.75) is 76.0 Å². The summed E-state index contributed by atoms with van der Waals surface area (Å²) in [5.41, 5.74) is 0.639. The first-order valence-electron chi connectivity index (χ1n) is 11.1. The zero-order valence-electron chi connectivity index (χ0n) is 17.1. The van der Waals surface area contributed by atoms with Crippen molar-refractivity contribution >= 4 is 5.91 Å². The van der Waals surface area contributed by atoms with Gasteiger partial charge in [-0.1, -0.05) is 13.0 Å². The number of benzene rings is 1. The van der Waals surface area contributed by atoms with Crippen LogP contribution in [0.15, 0.2) is 18.2 Å². The fraction of sp³-hybridized carbons (Fsp3) is 0.696. The molecule has 4 aliphatic heterocycles. The molecule has 6 atom stereocenters. The summed E-state index contributed by atoms with van der Waals surface area (Å²) in [5.74, 6) is 0.396. The molecule has 30 heavy (non-hydrogen) atoms. The van der Waals surface area contributed by atoms with Crippen LogP contribution in [-0.4, -0.2) is 53.1 Å². The molecule has 0 radical (unpaired) electrons. The predicted molar refractivity (Wildman–Crippen MR) is 104 cm³/mol. The van der Waals surface area contributed by atoms with E-state index in [1.165, 1.54) is 12.1 Å². The third kappa shape index (κ3) is 2.57. The second-order valence-corrected chi connectivity index (χ2v) is 10.1. The van der Waals surface area contributed by atoms with Crippen molar-refractivity contribution in [2.75, 3.05) is 13.2 Å². The van der Waals surface area contributed by atoms with Gasteiger partial charge in [0.05, 0.1) is 23.7 Å². The average Bonchev–Trinajstić information content (AvgIpc) is 3.48. The minimum absolute atomic E-state index is 0.0962. The number of carbonyl (C=O) groups excluding carboxylic acids is 1. The highest BCUT2D eigenvalue weighted by Gasteiger charge is 2.61. The second kappa shape index (κ2) is 6.22. The molecule has 1 amide bonds. The van der Waals surface area contributed by atoms with E-state index in [0.29, 0.717) is 36.7 Å². The van der Waals surface area contributed by atoms with Gasteiger partial charge in [-0.25, -0.2) is 0 Å². The van der Waals surface area contributed by atoms with Crippen LogP contribution in [0.2, 0.25) is 0 Å². The lowest BCUT2D eigenvalue weighted by atomic mass is 9.73. The van der Waals surface area contributed by atoms with E-state index in [9.17, 15) is 18.0 Å². The number of halogens is 3. The van der Waals surface area contributed by atoms with Crippen LogP contribution in [0, 0.1) is 11.3 Å². The average molecular weight is 420 g/mol. The van der Waals surface area contributed by atoms with Crippen LogP contribution >= 0.6 is 0 Å². The molecular weight excluding hydrogens is 393 g/mol. The number of carbonyl (C=O) groups is 1. The summed E-state index contributed by atoms with van der Waals surface area (Å²) in [7, 11) is 0. The van der Waals surface area contributed by atoms with Crippen molar-refractivity contribution in [3.63, 3.8) is 0 Å². The van der Waals surface area contributed by atoms with Crippen molar-refractivity contribution in [3.8, 4) is 0 Å². The van der Waals surface area contributed by atoms with Gasteiger partial charge in [-0.05, 0) is 61.3 Å². The third-order valence-electron chi connectivity index (χ3n) is 8.77. The summed E-state index contributed by atoms with van der Waals surface area (Å²) < 4.78 is 45.2. The highest BCUT2D eigenvalue weighted by atomic mass is 19.4. The molecule has 162 valence electrons. The lowest BCUT2D eigenvalue weighted by Gasteiger charge is -2.34. The Labute approximate surface area is 174 Å². The highest BCUT2D eigenvalue weighted by Crippen LogP contribution is 2.56. The summed E-state index contributed by atoms with van der Waals surface area (Å²) in [6, 6.07) is 5.06. The lowest BCUT2D eigenvalue weighted by molar-refractivity contribution is -0.138. The number of nitrogens with zero attached hydrogens (tertiary/aromatic N) is 2. The smallest absolute Gasteiger partial charge is 0.375 e. The van der Waals surface area contributed by atoms with Gasteiger partial charge in [0, 0.05) is 31.2 Å². The van der Waals surface area contributed by atoms with E-state index in [1.54, 1.807) is 6.07 Å². The van der Waals surface area contributed by atoms with Gasteiger partial charge in [0.2, 0.25) is 5.91 Å². The van der Waals surface area contributed by atoms with E-state index in [0.717, 1.165) is 44.4 Å². The fourth-order valence-electron chi connectivity index (χ4n) is 7.12. The molecule has 1 aliphatic carbocycles. The summed E-state index contributed by atoms with van der Waals surface area (Å²) >= 11 is 0. The molecule has 1 aromatic carbocycles. The van der Waals surface area contributed by atoms with Crippen LogP contribution < -0.4 is 0 Å². The Morgan fingerprint density at radius 3 is 2.73 bits per heavy atom. The number of hydrogen-bond acceptors (Lipinski definition) is 3. The molecule has 1 spiro atoms. The molecule has 0 N–H and O–H groups in total. The van der Waals surface area contributed by atoms with Crippen molar-refractivity contribution in [2.24, 2.45) is 11.3 Å². The zero-order valence-corrected chi connectivity index (χ0v) is 17.1. The molecule has 4 unspecified atom stereocenters. The van der Waals surface area contributed by atoms with Crippen LogP contribution in [0.5, 0.6) is 0 Å². The number of rotatable bonds is 1.